The van der Waals surface area contributed by atoms with E-state index in [1.54, 1.807) is 23.9 Å². The minimum atomic E-state index is 0.319. The Balaban J connectivity index is 1.92. The molecule has 0 aliphatic carbocycles. The van der Waals surface area contributed by atoms with E-state index in [0.717, 1.165) is 6.54 Å². The van der Waals surface area contributed by atoms with Gasteiger partial charge in [0.05, 0.1) is 16.3 Å². The molecule has 0 bridgehead atoms. The van der Waals surface area contributed by atoms with Gasteiger partial charge in [0.25, 0.3) is 0 Å². The molecule has 1 unspecified atom stereocenters. The summed E-state index contributed by atoms with van der Waals surface area (Å²) in [5, 5.41) is 3.47. The molecule has 0 amide bonds. The maximum absolute atomic E-state index is 5.07. The van der Waals surface area contributed by atoms with E-state index in [9.17, 15) is 0 Å². The van der Waals surface area contributed by atoms with Crippen LogP contribution >= 0.6 is 27.3 Å². The molecule has 0 radical (unpaired) electrons. The minimum absolute atomic E-state index is 0.319. The molecule has 0 saturated heterocycles. The van der Waals surface area contributed by atoms with Gasteiger partial charge in [0.2, 0.25) is 0 Å². The van der Waals surface area contributed by atoms with Gasteiger partial charge in [0, 0.05) is 23.0 Å². The van der Waals surface area contributed by atoms with Crippen LogP contribution in [0.5, 0.6) is 0 Å². The smallest absolute Gasteiger partial charge is 0.0950 e. The molecule has 0 spiro atoms. The highest BCUT2D eigenvalue weighted by Gasteiger charge is 2.07. The van der Waals surface area contributed by atoms with Crippen molar-refractivity contribution in [3.63, 3.8) is 0 Å². The zero-order chi connectivity index (χ0) is 11.5. The molecule has 2 aromatic heterocycles. The lowest BCUT2D eigenvalue weighted by Crippen LogP contribution is -2.16. The topological polar surface area (TPSA) is 25.2 Å². The van der Waals surface area contributed by atoms with Crippen molar-refractivity contribution >= 4 is 27.3 Å². The summed E-state index contributed by atoms with van der Waals surface area (Å²) in [6, 6.07) is 4.52. The predicted octanol–water partition coefficient (Wildman–Crippen LogP) is 4.26. The van der Waals surface area contributed by atoms with Crippen LogP contribution in [-0.4, -0.2) is 0 Å². The van der Waals surface area contributed by atoms with E-state index in [2.05, 4.69) is 41.2 Å². The predicted molar refractivity (Wildman–Crippen MR) is 70.7 cm³/mol. The van der Waals surface area contributed by atoms with Crippen LogP contribution < -0.4 is 5.32 Å². The molecular formula is C12H14BrNOS. The second-order valence-corrected chi connectivity index (χ2v) is 6.28. The molecule has 0 saturated carbocycles. The number of halogens is 1. The number of rotatable bonds is 4. The van der Waals surface area contributed by atoms with E-state index < -0.39 is 0 Å². The van der Waals surface area contributed by atoms with Gasteiger partial charge in [-0.25, -0.2) is 0 Å². The molecule has 1 atom stereocenters. The van der Waals surface area contributed by atoms with Crippen LogP contribution in [0.25, 0.3) is 0 Å². The number of aryl methyl sites for hydroxylation is 1. The van der Waals surface area contributed by atoms with Gasteiger partial charge in [-0.05, 0) is 47.5 Å². The molecule has 2 aromatic rings. The maximum Gasteiger partial charge on any atom is 0.0950 e. The second kappa shape index (κ2) is 5.17. The highest BCUT2D eigenvalue weighted by molar-refractivity contribution is 9.11. The Morgan fingerprint density at radius 3 is 2.94 bits per heavy atom. The average Bonchev–Trinajstić information content (AvgIpc) is 2.86. The first kappa shape index (κ1) is 11.9. The molecule has 0 aliphatic heterocycles. The molecule has 2 heterocycles. The van der Waals surface area contributed by atoms with Crippen molar-refractivity contribution < 1.29 is 4.42 Å². The van der Waals surface area contributed by atoms with Crippen LogP contribution in [0.15, 0.2) is 32.9 Å². The van der Waals surface area contributed by atoms with Gasteiger partial charge in [-0.1, -0.05) is 0 Å². The maximum atomic E-state index is 5.07. The fourth-order valence-corrected chi connectivity index (χ4v) is 3.08. The van der Waals surface area contributed by atoms with Crippen molar-refractivity contribution in [2.24, 2.45) is 0 Å². The Bertz CT molecular complexity index is 430. The first-order valence-corrected chi connectivity index (χ1v) is 6.78. The third-order valence-corrected chi connectivity index (χ3v) is 4.67. The zero-order valence-corrected chi connectivity index (χ0v) is 11.7. The van der Waals surface area contributed by atoms with Gasteiger partial charge < -0.3 is 9.73 Å². The highest BCUT2D eigenvalue weighted by atomic mass is 79.9. The third-order valence-electron chi connectivity index (χ3n) is 2.53. The number of hydrogen-bond donors (Lipinski definition) is 1. The van der Waals surface area contributed by atoms with Crippen molar-refractivity contribution in [2.45, 2.75) is 26.4 Å². The Labute approximate surface area is 108 Å². The molecule has 0 aliphatic rings. The SMILES string of the molecule is Cc1cc(CNC(C)c2ccoc2)sc1Br. The van der Waals surface area contributed by atoms with E-state index in [0.29, 0.717) is 6.04 Å². The lowest BCUT2D eigenvalue weighted by Gasteiger charge is -2.10. The van der Waals surface area contributed by atoms with E-state index in [-0.39, 0.29) is 0 Å². The van der Waals surface area contributed by atoms with Crippen LogP contribution in [0.4, 0.5) is 0 Å². The van der Waals surface area contributed by atoms with Crippen molar-refractivity contribution in [3.05, 3.63) is 44.4 Å². The fourth-order valence-electron chi connectivity index (χ4n) is 1.50. The second-order valence-electron chi connectivity index (χ2n) is 3.83. The Kier molecular flexibility index (Phi) is 3.84. The van der Waals surface area contributed by atoms with Crippen molar-refractivity contribution in [1.29, 1.82) is 0 Å². The quantitative estimate of drug-likeness (QED) is 0.912. The Morgan fingerprint density at radius 2 is 2.38 bits per heavy atom. The van der Waals surface area contributed by atoms with Crippen LogP contribution in [-0.2, 0) is 6.54 Å². The standard InChI is InChI=1S/C12H14BrNOS/c1-8-5-11(16-12(8)13)6-14-9(2)10-3-4-15-7-10/h3-5,7,9,14H,6H2,1-2H3. The molecule has 0 fully saturated rings. The Morgan fingerprint density at radius 1 is 1.56 bits per heavy atom. The molecule has 86 valence electrons. The monoisotopic (exact) mass is 299 g/mol. The lowest BCUT2D eigenvalue weighted by atomic mass is 10.2. The molecule has 2 rings (SSSR count). The highest BCUT2D eigenvalue weighted by Crippen LogP contribution is 2.27. The number of hydrogen-bond acceptors (Lipinski definition) is 3. The van der Waals surface area contributed by atoms with Crippen LogP contribution in [0.1, 0.15) is 29.0 Å². The van der Waals surface area contributed by atoms with Gasteiger partial charge in [0.1, 0.15) is 0 Å². The van der Waals surface area contributed by atoms with Gasteiger partial charge >= 0.3 is 0 Å². The van der Waals surface area contributed by atoms with Crippen LogP contribution in [0.2, 0.25) is 0 Å². The molecule has 0 aromatic carbocycles. The summed E-state index contributed by atoms with van der Waals surface area (Å²) in [4.78, 5) is 1.35. The molecule has 1 N–H and O–H groups in total. The number of nitrogens with one attached hydrogen (secondary N) is 1. The van der Waals surface area contributed by atoms with Crippen LogP contribution in [0.3, 0.4) is 0 Å². The summed E-state index contributed by atoms with van der Waals surface area (Å²) in [5.74, 6) is 0. The summed E-state index contributed by atoms with van der Waals surface area (Å²) in [6.45, 7) is 5.15. The Hall–Kier alpha value is -0.580. The zero-order valence-electron chi connectivity index (χ0n) is 9.29. The summed E-state index contributed by atoms with van der Waals surface area (Å²) in [5.41, 5.74) is 2.49. The van der Waals surface area contributed by atoms with E-state index >= 15 is 0 Å². The van der Waals surface area contributed by atoms with E-state index in [1.807, 2.05) is 6.07 Å². The summed E-state index contributed by atoms with van der Waals surface area (Å²) >= 11 is 5.32. The van der Waals surface area contributed by atoms with Gasteiger partial charge in [-0.3, -0.25) is 0 Å². The summed E-state index contributed by atoms with van der Waals surface area (Å²) in [7, 11) is 0. The number of thiophene rings is 1. The molecular weight excluding hydrogens is 286 g/mol. The first-order chi connectivity index (χ1) is 7.66. The van der Waals surface area contributed by atoms with Crippen molar-refractivity contribution in [1.82, 2.24) is 5.32 Å². The molecule has 16 heavy (non-hydrogen) atoms. The summed E-state index contributed by atoms with van der Waals surface area (Å²) in [6.07, 6.45) is 3.49. The summed E-state index contributed by atoms with van der Waals surface area (Å²) < 4.78 is 6.29. The van der Waals surface area contributed by atoms with Crippen LogP contribution in [0, 0.1) is 6.92 Å². The number of furan rings is 1. The first-order valence-electron chi connectivity index (χ1n) is 5.17. The van der Waals surface area contributed by atoms with Crippen molar-refractivity contribution in [3.8, 4) is 0 Å². The minimum Gasteiger partial charge on any atom is -0.472 e. The van der Waals surface area contributed by atoms with Crippen molar-refractivity contribution in [2.75, 3.05) is 0 Å². The lowest BCUT2D eigenvalue weighted by molar-refractivity contribution is 0.540. The normalized spacial score (nSPS) is 12.9. The average molecular weight is 300 g/mol. The van der Waals surface area contributed by atoms with E-state index in [1.165, 1.54) is 19.8 Å². The van der Waals surface area contributed by atoms with Gasteiger partial charge in [-0.15, -0.1) is 11.3 Å². The van der Waals surface area contributed by atoms with Gasteiger partial charge in [0.15, 0.2) is 0 Å². The molecule has 2 nitrogen and oxygen atoms in total. The van der Waals surface area contributed by atoms with Gasteiger partial charge in [-0.2, -0.15) is 0 Å². The third kappa shape index (κ3) is 2.75. The fraction of sp³-hybridized carbons (Fsp3) is 0.333. The largest absolute Gasteiger partial charge is 0.472 e. The molecule has 4 heteroatoms. The van der Waals surface area contributed by atoms with E-state index in [4.69, 9.17) is 4.42 Å².